The van der Waals surface area contributed by atoms with Crippen molar-refractivity contribution in [2.24, 2.45) is 0 Å². The first-order chi connectivity index (χ1) is 17.4. The van der Waals surface area contributed by atoms with Gasteiger partial charge in [0.2, 0.25) is 0 Å². The first kappa shape index (κ1) is 24.3. The molecule has 5 rings (SSSR count). The lowest BCUT2D eigenvalue weighted by atomic mass is 9.93. The molecule has 1 saturated heterocycles. The zero-order valence-corrected chi connectivity index (χ0v) is 22.4. The lowest BCUT2D eigenvalue weighted by Crippen LogP contribution is -2.29. The molecule has 0 unspecified atom stereocenters. The molecule has 0 aliphatic carbocycles. The average Bonchev–Trinajstić information content (AvgIpc) is 3.32. The first-order valence-electron chi connectivity index (χ1n) is 12.1. The Morgan fingerprint density at radius 2 is 1.75 bits per heavy atom. The number of nitrogens with zero attached hydrogens (tertiary/aromatic N) is 3. The van der Waals surface area contributed by atoms with E-state index in [4.69, 9.17) is 33.5 Å². The summed E-state index contributed by atoms with van der Waals surface area (Å²) in [7, 11) is 0. The van der Waals surface area contributed by atoms with E-state index in [1.807, 2.05) is 55.6 Å². The third kappa shape index (κ3) is 4.25. The van der Waals surface area contributed by atoms with Crippen LogP contribution in [-0.2, 0) is 0 Å². The Morgan fingerprint density at radius 1 is 0.972 bits per heavy atom. The lowest BCUT2D eigenvalue weighted by Gasteiger charge is -2.29. The van der Waals surface area contributed by atoms with E-state index in [0.29, 0.717) is 16.7 Å². The lowest BCUT2D eigenvalue weighted by molar-refractivity contribution is 0.340. The van der Waals surface area contributed by atoms with Crippen LogP contribution in [0.5, 0.6) is 5.75 Å². The Morgan fingerprint density at radius 3 is 2.42 bits per heavy atom. The van der Waals surface area contributed by atoms with Crippen LogP contribution >= 0.6 is 23.8 Å². The van der Waals surface area contributed by atoms with Crippen LogP contribution < -0.4 is 15.0 Å². The van der Waals surface area contributed by atoms with E-state index >= 15 is 0 Å². The molecule has 4 aromatic rings. The van der Waals surface area contributed by atoms with Gasteiger partial charge in [-0.05, 0) is 100 Å². The maximum atomic E-state index is 6.37. The molecular weight excluding hydrogens is 488 g/mol. The molecule has 0 amide bonds. The SMILES string of the molecule is CCOc1ccc(N2C(=S)N[C@H](c3ccccn3)[C@H]2c2c(C)c(C)n(-c3cccc(Cl)c3)c2C)cc1. The number of benzene rings is 2. The molecule has 0 bridgehead atoms. The Kier molecular flexibility index (Phi) is 6.73. The van der Waals surface area contributed by atoms with E-state index in [1.165, 1.54) is 16.8 Å². The summed E-state index contributed by atoms with van der Waals surface area (Å²) in [6.45, 7) is 9.13. The molecule has 0 saturated carbocycles. The maximum Gasteiger partial charge on any atom is 0.174 e. The highest BCUT2D eigenvalue weighted by atomic mass is 35.5. The van der Waals surface area contributed by atoms with E-state index in [9.17, 15) is 0 Å². The second kappa shape index (κ2) is 9.96. The minimum Gasteiger partial charge on any atom is -0.494 e. The van der Waals surface area contributed by atoms with Crippen molar-refractivity contribution in [3.05, 3.63) is 106 Å². The smallest absolute Gasteiger partial charge is 0.174 e. The molecule has 1 aliphatic heterocycles. The number of halogens is 1. The monoisotopic (exact) mass is 516 g/mol. The number of hydrogen-bond acceptors (Lipinski definition) is 3. The van der Waals surface area contributed by atoms with Gasteiger partial charge in [0.05, 0.1) is 24.4 Å². The normalized spacial score (nSPS) is 17.4. The largest absolute Gasteiger partial charge is 0.494 e. The van der Waals surface area contributed by atoms with Gasteiger partial charge in [0.25, 0.3) is 0 Å². The molecule has 2 aromatic heterocycles. The van der Waals surface area contributed by atoms with Gasteiger partial charge < -0.3 is 19.5 Å². The van der Waals surface area contributed by atoms with E-state index in [1.54, 1.807) is 0 Å². The summed E-state index contributed by atoms with van der Waals surface area (Å²) in [6, 6.07) is 21.9. The fraction of sp³-hybridized carbons (Fsp3) is 0.241. The van der Waals surface area contributed by atoms with Crippen molar-refractivity contribution in [1.29, 1.82) is 0 Å². The van der Waals surface area contributed by atoms with Crippen molar-refractivity contribution < 1.29 is 4.74 Å². The number of ether oxygens (including phenoxy) is 1. The van der Waals surface area contributed by atoms with Crippen LogP contribution in [0.2, 0.25) is 5.02 Å². The van der Waals surface area contributed by atoms with E-state index < -0.39 is 0 Å². The molecule has 3 heterocycles. The molecule has 2 aromatic carbocycles. The highest BCUT2D eigenvalue weighted by molar-refractivity contribution is 7.80. The summed E-state index contributed by atoms with van der Waals surface area (Å²) < 4.78 is 7.96. The molecule has 1 fully saturated rings. The van der Waals surface area contributed by atoms with E-state index in [0.717, 1.165) is 28.5 Å². The predicted molar refractivity (Wildman–Crippen MR) is 151 cm³/mol. The zero-order chi connectivity index (χ0) is 25.4. The molecule has 7 heteroatoms. The van der Waals surface area contributed by atoms with Crippen LogP contribution in [0, 0.1) is 20.8 Å². The topological polar surface area (TPSA) is 42.3 Å². The fourth-order valence-corrected chi connectivity index (χ4v) is 5.77. The zero-order valence-electron chi connectivity index (χ0n) is 20.8. The molecule has 1 aliphatic rings. The van der Waals surface area contributed by atoms with Gasteiger partial charge in [-0.2, -0.15) is 0 Å². The number of hydrogen-bond donors (Lipinski definition) is 1. The molecule has 184 valence electrons. The van der Waals surface area contributed by atoms with Crippen molar-refractivity contribution in [2.75, 3.05) is 11.5 Å². The van der Waals surface area contributed by atoms with Crippen LogP contribution in [-0.4, -0.2) is 21.3 Å². The van der Waals surface area contributed by atoms with Gasteiger partial charge in [0, 0.05) is 39.5 Å². The summed E-state index contributed by atoms with van der Waals surface area (Å²) in [5.74, 6) is 0.840. The second-order valence-corrected chi connectivity index (χ2v) is 9.77. The molecular formula is C29H29ClN4OS. The number of thiocarbonyl (C=S) groups is 1. The molecule has 36 heavy (non-hydrogen) atoms. The quantitative estimate of drug-likeness (QED) is 0.279. The van der Waals surface area contributed by atoms with Crippen molar-refractivity contribution in [2.45, 2.75) is 39.8 Å². The van der Waals surface area contributed by atoms with Crippen molar-refractivity contribution in [1.82, 2.24) is 14.9 Å². The fourth-order valence-electron chi connectivity index (χ4n) is 5.24. The van der Waals surface area contributed by atoms with Crippen LogP contribution in [0.1, 0.15) is 47.2 Å². The van der Waals surface area contributed by atoms with Crippen LogP contribution in [0.3, 0.4) is 0 Å². The summed E-state index contributed by atoms with van der Waals surface area (Å²) >= 11 is 12.3. The van der Waals surface area contributed by atoms with Crippen LogP contribution in [0.25, 0.3) is 5.69 Å². The number of rotatable bonds is 6. The summed E-state index contributed by atoms with van der Waals surface area (Å²) in [5, 5.41) is 4.96. The van der Waals surface area contributed by atoms with E-state index in [-0.39, 0.29) is 12.1 Å². The third-order valence-corrected chi connectivity index (χ3v) is 7.44. The summed E-state index contributed by atoms with van der Waals surface area (Å²) in [4.78, 5) is 6.91. The van der Waals surface area contributed by atoms with Gasteiger partial charge in [-0.15, -0.1) is 0 Å². The van der Waals surface area contributed by atoms with Gasteiger partial charge in [0.15, 0.2) is 5.11 Å². The predicted octanol–water partition coefficient (Wildman–Crippen LogP) is 7.03. The summed E-state index contributed by atoms with van der Waals surface area (Å²) in [5.41, 5.74) is 7.78. The van der Waals surface area contributed by atoms with Gasteiger partial charge in [-0.3, -0.25) is 4.98 Å². The Bertz CT molecular complexity index is 1400. The summed E-state index contributed by atoms with van der Waals surface area (Å²) in [6.07, 6.45) is 1.83. The Hall–Kier alpha value is -3.35. The standard InChI is InChI=1S/C29H29ClN4OS/c1-5-35-24-14-12-22(13-15-24)34-28(27(32-29(34)36)25-11-6-7-16-31-25)26-18(2)19(3)33(20(26)4)23-10-8-9-21(30)17-23/h6-17,27-28H,5H2,1-4H3,(H,32,36)/t27-,28-/m1/s1. The van der Waals surface area contributed by atoms with Gasteiger partial charge in [-0.25, -0.2) is 0 Å². The maximum absolute atomic E-state index is 6.37. The average molecular weight is 517 g/mol. The van der Waals surface area contributed by atoms with Crippen LogP contribution in [0.4, 0.5) is 5.69 Å². The minimum atomic E-state index is -0.114. The molecule has 2 atom stereocenters. The van der Waals surface area contributed by atoms with Crippen molar-refractivity contribution in [3.8, 4) is 11.4 Å². The molecule has 5 nitrogen and oxygen atoms in total. The Balaban J connectivity index is 1.69. The highest BCUT2D eigenvalue weighted by Crippen LogP contribution is 2.45. The van der Waals surface area contributed by atoms with Gasteiger partial charge in [0.1, 0.15) is 5.75 Å². The second-order valence-electron chi connectivity index (χ2n) is 8.95. The number of pyridine rings is 1. The molecule has 1 N–H and O–H groups in total. The van der Waals surface area contributed by atoms with Crippen molar-refractivity contribution >= 4 is 34.6 Å². The van der Waals surface area contributed by atoms with Gasteiger partial charge >= 0.3 is 0 Å². The van der Waals surface area contributed by atoms with E-state index in [2.05, 4.69) is 59.8 Å². The number of aromatic nitrogens is 2. The van der Waals surface area contributed by atoms with Crippen molar-refractivity contribution in [3.63, 3.8) is 0 Å². The Labute approximate surface area is 222 Å². The third-order valence-electron chi connectivity index (χ3n) is 6.89. The molecule has 0 radical (unpaired) electrons. The minimum absolute atomic E-state index is 0.0931. The first-order valence-corrected chi connectivity index (χ1v) is 12.9. The number of anilines is 1. The number of nitrogens with one attached hydrogen (secondary N) is 1. The molecule has 0 spiro atoms. The highest BCUT2D eigenvalue weighted by Gasteiger charge is 2.43. The van der Waals surface area contributed by atoms with Gasteiger partial charge in [-0.1, -0.05) is 23.7 Å². The van der Waals surface area contributed by atoms with Crippen LogP contribution in [0.15, 0.2) is 72.9 Å².